The maximum Gasteiger partial charge on any atom is 0.433 e. The maximum atomic E-state index is 13.5. The molecule has 0 bridgehead atoms. The molecule has 1 amide bonds. The van der Waals surface area contributed by atoms with Crippen molar-refractivity contribution in [3.8, 4) is 0 Å². The van der Waals surface area contributed by atoms with Crippen LogP contribution in [-0.4, -0.2) is 29.4 Å². The number of benzene rings is 1. The van der Waals surface area contributed by atoms with Gasteiger partial charge in [-0.05, 0) is 19.1 Å². The number of alkyl halides is 3. The zero-order valence-electron chi connectivity index (χ0n) is 13.7. The maximum absolute atomic E-state index is 13.5. The monoisotopic (exact) mass is 393 g/mol. The van der Waals surface area contributed by atoms with E-state index in [-0.39, 0.29) is 5.69 Å². The molecule has 0 saturated carbocycles. The van der Waals surface area contributed by atoms with Gasteiger partial charge in [0, 0.05) is 12.6 Å². The van der Waals surface area contributed by atoms with Gasteiger partial charge in [-0.15, -0.1) is 0 Å². The van der Waals surface area contributed by atoms with Crippen LogP contribution in [0.15, 0.2) is 30.5 Å². The molecule has 2 rings (SSSR count). The van der Waals surface area contributed by atoms with Crippen LogP contribution in [0.3, 0.4) is 0 Å². The van der Waals surface area contributed by atoms with Crippen LogP contribution in [0.2, 0.25) is 0 Å². The number of hydrogen-bond acceptors (Lipinski definition) is 4. The summed E-state index contributed by atoms with van der Waals surface area (Å²) in [7, 11) is -3.27. The van der Waals surface area contributed by atoms with E-state index in [9.17, 15) is 30.8 Å². The molecule has 0 fully saturated rings. The third-order valence-corrected chi connectivity index (χ3v) is 5.68. The Hall–Kier alpha value is -2.43. The summed E-state index contributed by atoms with van der Waals surface area (Å²) in [6.45, 7) is 1.02. The van der Waals surface area contributed by atoms with Gasteiger partial charge in [-0.3, -0.25) is 9.48 Å². The molecule has 0 radical (unpaired) electrons. The van der Waals surface area contributed by atoms with Crippen LogP contribution in [0.1, 0.15) is 18.2 Å². The highest BCUT2D eigenvalue weighted by atomic mass is 32.2. The van der Waals surface area contributed by atoms with Crippen LogP contribution in [0.4, 0.5) is 23.2 Å². The molecule has 1 N–H and O–H groups in total. The third kappa shape index (κ3) is 4.21. The number of hydrogen-bond donors (Lipinski definition) is 1. The Kier molecular flexibility index (Phi) is 5.40. The van der Waals surface area contributed by atoms with E-state index in [1.165, 1.54) is 18.2 Å². The Bertz CT molecular complexity index is 922. The fraction of sp³-hybridized carbons (Fsp3) is 0.333. The molecule has 0 aliphatic carbocycles. The molecule has 26 heavy (non-hydrogen) atoms. The molecule has 1 atom stereocenters. The van der Waals surface area contributed by atoms with Crippen molar-refractivity contribution in [3.63, 3.8) is 0 Å². The Labute approximate surface area is 146 Å². The lowest BCUT2D eigenvalue weighted by molar-refractivity contribution is -0.144. The van der Waals surface area contributed by atoms with Gasteiger partial charge in [0.15, 0.2) is 9.84 Å². The van der Waals surface area contributed by atoms with Crippen LogP contribution >= 0.6 is 0 Å². The first kappa shape index (κ1) is 19.9. The molecule has 0 spiro atoms. The van der Waals surface area contributed by atoms with E-state index < -0.39 is 50.0 Å². The van der Waals surface area contributed by atoms with Crippen LogP contribution in [0.5, 0.6) is 0 Å². The van der Waals surface area contributed by atoms with E-state index >= 15 is 0 Å². The fourth-order valence-electron chi connectivity index (χ4n) is 2.26. The van der Waals surface area contributed by atoms with Crippen molar-refractivity contribution in [1.82, 2.24) is 9.78 Å². The predicted molar refractivity (Wildman–Crippen MR) is 85.3 cm³/mol. The topological polar surface area (TPSA) is 81.1 Å². The standard InChI is InChI=1S/C15H15F4N3O3S/c1-9(14(23)21-12-6-4-3-5-11(12)16)26(24,25)8-10-7-20-22(2)13(10)15(17,18)19/h3-7,9H,8H2,1-2H3,(H,21,23)/t9-/m1/s1. The van der Waals surface area contributed by atoms with Crippen LogP contribution in [-0.2, 0) is 33.6 Å². The molecule has 0 saturated heterocycles. The summed E-state index contributed by atoms with van der Waals surface area (Å²) in [5.74, 6) is -2.84. The van der Waals surface area contributed by atoms with E-state index in [0.29, 0.717) is 4.68 Å². The van der Waals surface area contributed by atoms with E-state index in [2.05, 4.69) is 10.4 Å². The number of nitrogens with zero attached hydrogens (tertiary/aromatic N) is 2. The van der Waals surface area contributed by atoms with E-state index in [4.69, 9.17) is 0 Å². The highest BCUT2D eigenvalue weighted by Crippen LogP contribution is 2.32. The molecule has 2 aromatic rings. The molecular formula is C15H15F4N3O3S. The molecule has 142 valence electrons. The smallest absolute Gasteiger partial charge is 0.322 e. The summed E-state index contributed by atoms with van der Waals surface area (Å²) in [6, 6.07) is 5.12. The minimum absolute atomic E-state index is 0.225. The van der Waals surface area contributed by atoms with E-state index in [0.717, 1.165) is 26.2 Å². The van der Waals surface area contributed by atoms with E-state index in [1.54, 1.807) is 0 Å². The quantitative estimate of drug-likeness (QED) is 0.792. The number of halogens is 4. The van der Waals surface area contributed by atoms with Gasteiger partial charge in [0.2, 0.25) is 5.91 Å². The highest BCUT2D eigenvalue weighted by molar-refractivity contribution is 7.92. The van der Waals surface area contributed by atoms with Crippen molar-refractivity contribution in [2.45, 2.75) is 24.1 Å². The summed E-state index contributed by atoms with van der Waals surface area (Å²) < 4.78 is 77.9. The second-order valence-corrected chi connectivity index (χ2v) is 7.88. The number of amides is 1. The van der Waals surface area contributed by atoms with Crippen molar-refractivity contribution in [2.24, 2.45) is 7.05 Å². The second-order valence-electron chi connectivity index (χ2n) is 5.56. The van der Waals surface area contributed by atoms with Crippen molar-refractivity contribution in [2.75, 3.05) is 5.32 Å². The minimum atomic E-state index is -4.80. The molecule has 0 aliphatic rings. The Morgan fingerprint density at radius 2 is 1.92 bits per heavy atom. The number of aromatic nitrogens is 2. The van der Waals surface area contributed by atoms with Gasteiger partial charge in [-0.1, -0.05) is 12.1 Å². The van der Waals surface area contributed by atoms with E-state index in [1.807, 2.05) is 0 Å². The first-order valence-corrected chi connectivity index (χ1v) is 9.00. The fourth-order valence-corrected chi connectivity index (χ4v) is 3.54. The third-order valence-electron chi connectivity index (χ3n) is 3.68. The predicted octanol–water partition coefficient (Wildman–Crippen LogP) is 2.52. The number of nitrogens with one attached hydrogen (secondary N) is 1. The van der Waals surface area contributed by atoms with Crippen molar-refractivity contribution >= 4 is 21.4 Å². The van der Waals surface area contributed by atoms with Gasteiger partial charge in [-0.25, -0.2) is 12.8 Å². The Morgan fingerprint density at radius 3 is 2.50 bits per heavy atom. The first-order valence-electron chi connectivity index (χ1n) is 7.28. The summed E-state index contributed by atoms with van der Waals surface area (Å²) in [5.41, 5.74) is -2.00. The summed E-state index contributed by atoms with van der Waals surface area (Å²) >= 11 is 0. The lowest BCUT2D eigenvalue weighted by Crippen LogP contribution is -2.34. The number of sulfone groups is 1. The lowest BCUT2D eigenvalue weighted by atomic mass is 10.3. The number of carbonyl (C=O) groups is 1. The van der Waals surface area contributed by atoms with Crippen LogP contribution in [0.25, 0.3) is 0 Å². The van der Waals surface area contributed by atoms with Crippen LogP contribution < -0.4 is 5.32 Å². The molecule has 0 unspecified atom stereocenters. The molecule has 1 aromatic heterocycles. The average molecular weight is 393 g/mol. The van der Waals surface area contributed by atoms with Gasteiger partial charge in [0.1, 0.15) is 16.8 Å². The zero-order valence-corrected chi connectivity index (χ0v) is 14.5. The minimum Gasteiger partial charge on any atom is -0.322 e. The van der Waals surface area contributed by atoms with Crippen molar-refractivity contribution in [3.05, 3.63) is 47.5 Å². The first-order chi connectivity index (χ1) is 11.9. The summed E-state index contributed by atoms with van der Waals surface area (Å²) in [6.07, 6.45) is -4.00. The van der Waals surface area contributed by atoms with Crippen molar-refractivity contribution in [1.29, 1.82) is 0 Å². The Balaban J connectivity index is 2.23. The van der Waals surface area contributed by atoms with Gasteiger partial charge >= 0.3 is 6.18 Å². The molecule has 1 aromatic carbocycles. The molecule has 1 heterocycles. The number of anilines is 1. The highest BCUT2D eigenvalue weighted by Gasteiger charge is 2.39. The number of aryl methyl sites for hydroxylation is 1. The second kappa shape index (κ2) is 7.06. The number of carbonyl (C=O) groups excluding carboxylic acids is 1. The van der Waals surface area contributed by atoms with Crippen molar-refractivity contribution < 1.29 is 30.8 Å². The number of rotatable bonds is 5. The average Bonchev–Trinajstić information content (AvgIpc) is 2.88. The van der Waals surface area contributed by atoms with Gasteiger partial charge < -0.3 is 5.32 Å². The molecule has 0 aliphatic heterocycles. The van der Waals surface area contributed by atoms with Gasteiger partial charge in [-0.2, -0.15) is 18.3 Å². The molecule has 6 nitrogen and oxygen atoms in total. The van der Waals surface area contributed by atoms with Crippen LogP contribution in [0, 0.1) is 5.82 Å². The zero-order chi connectivity index (χ0) is 19.7. The SMILES string of the molecule is C[C@H](C(=O)Nc1ccccc1F)S(=O)(=O)Cc1cnn(C)c1C(F)(F)F. The normalized spacial score (nSPS) is 13.5. The molecule has 11 heteroatoms. The molecular weight excluding hydrogens is 378 g/mol. The summed E-state index contributed by atoms with van der Waals surface area (Å²) in [4.78, 5) is 12.1. The number of para-hydroxylation sites is 1. The summed E-state index contributed by atoms with van der Waals surface area (Å²) in [5, 5.41) is 3.86. The lowest BCUT2D eigenvalue weighted by Gasteiger charge is -2.15. The Morgan fingerprint density at radius 1 is 1.31 bits per heavy atom. The largest absolute Gasteiger partial charge is 0.433 e. The van der Waals surface area contributed by atoms with Gasteiger partial charge in [0.05, 0.1) is 17.6 Å². The van der Waals surface area contributed by atoms with Gasteiger partial charge in [0.25, 0.3) is 0 Å².